The van der Waals surface area contributed by atoms with Crippen LogP contribution in [0.5, 0.6) is 0 Å². The van der Waals surface area contributed by atoms with Gasteiger partial charge in [-0.25, -0.2) is 14.3 Å². The van der Waals surface area contributed by atoms with Crippen molar-refractivity contribution in [2.45, 2.75) is 0 Å². The molecule has 6 heteroatoms. The monoisotopic (exact) mass is 300 g/mol. The number of anilines is 1. The molecule has 0 spiro atoms. The Hall–Kier alpha value is -2.40. The number of halogens is 1. The Kier molecular flexibility index (Phi) is 3.35. The quantitative estimate of drug-likeness (QED) is 0.729. The van der Waals surface area contributed by atoms with E-state index in [9.17, 15) is 4.79 Å². The minimum Gasteiger partial charge on any atom is -0.362 e. The Morgan fingerprint density at radius 1 is 1.19 bits per heavy atom. The van der Waals surface area contributed by atoms with E-state index in [1.165, 1.54) is 4.57 Å². The van der Waals surface area contributed by atoms with Crippen molar-refractivity contribution in [1.82, 2.24) is 14.5 Å². The van der Waals surface area contributed by atoms with E-state index in [2.05, 4.69) is 9.97 Å². The van der Waals surface area contributed by atoms with E-state index in [1.54, 1.807) is 35.4 Å². The van der Waals surface area contributed by atoms with Crippen molar-refractivity contribution in [2.75, 3.05) is 19.0 Å². The van der Waals surface area contributed by atoms with Gasteiger partial charge in [-0.2, -0.15) is 4.98 Å². The third-order valence-electron chi connectivity index (χ3n) is 3.14. The predicted molar refractivity (Wildman–Crippen MR) is 84.5 cm³/mol. The summed E-state index contributed by atoms with van der Waals surface area (Å²) >= 11 is 6.09. The second-order valence-corrected chi connectivity index (χ2v) is 5.23. The molecule has 0 saturated heterocycles. The molecule has 2 heterocycles. The second kappa shape index (κ2) is 5.18. The number of hydrogen-bond donors (Lipinski definition) is 0. The van der Waals surface area contributed by atoms with Crippen LogP contribution in [0.25, 0.3) is 16.7 Å². The minimum absolute atomic E-state index is 0.382. The summed E-state index contributed by atoms with van der Waals surface area (Å²) in [5.74, 6) is 1.13. The SMILES string of the molecule is CN(C)c1nc(=O)n(-c2ccccn2)c2cc(Cl)ccc12. The van der Waals surface area contributed by atoms with Gasteiger partial charge in [0.25, 0.3) is 0 Å². The van der Waals surface area contributed by atoms with E-state index in [4.69, 9.17) is 11.6 Å². The lowest BCUT2D eigenvalue weighted by atomic mass is 10.2. The van der Waals surface area contributed by atoms with Crippen molar-refractivity contribution in [3.05, 3.63) is 58.1 Å². The highest BCUT2D eigenvalue weighted by atomic mass is 35.5. The number of nitrogens with zero attached hydrogens (tertiary/aromatic N) is 4. The first-order valence-electron chi connectivity index (χ1n) is 6.39. The molecule has 0 unspecified atom stereocenters. The number of hydrogen-bond acceptors (Lipinski definition) is 4. The fraction of sp³-hybridized carbons (Fsp3) is 0.133. The fourth-order valence-electron chi connectivity index (χ4n) is 2.23. The maximum Gasteiger partial charge on any atom is 0.355 e. The first kappa shape index (κ1) is 13.6. The number of pyridine rings is 1. The van der Waals surface area contributed by atoms with Gasteiger partial charge in [0.2, 0.25) is 0 Å². The maximum absolute atomic E-state index is 12.4. The van der Waals surface area contributed by atoms with E-state index in [-0.39, 0.29) is 5.69 Å². The first-order valence-corrected chi connectivity index (χ1v) is 6.77. The van der Waals surface area contributed by atoms with Crippen LogP contribution in [0.4, 0.5) is 5.82 Å². The highest BCUT2D eigenvalue weighted by molar-refractivity contribution is 6.31. The van der Waals surface area contributed by atoms with Crippen LogP contribution in [0.3, 0.4) is 0 Å². The van der Waals surface area contributed by atoms with E-state index in [1.807, 2.05) is 26.2 Å². The van der Waals surface area contributed by atoms with E-state index in [0.717, 1.165) is 5.39 Å². The Labute approximate surface area is 126 Å². The van der Waals surface area contributed by atoms with Crippen molar-refractivity contribution >= 4 is 28.3 Å². The Morgan fingerprint density at radius 2 is 2.00 bits per heavy atom. The van der Waals surface area contributed by atoms with E-state index in [0.29, 0.717) is 22.2 Å². The van der Waals surface area contributed by atoms with Crippen molar-refractivity contribution in [3.8, 4) is 5.82 Å². The molecule has 2 aromatic heterocycles. The zero-order chi connectivity index (χ0) is 15.0. The summed E-state index contributed by atoms with van der Waals surface area (Å²) in [7, 11) is 3.70. The zero-order valence-corrected chi connectivity index (χ0v) is 12.4. The highest BCUT2D eigenvalue weighted by Gasteiger charge is 2.14. The molecule has 0 N–H and O–H groups in total. The number of aromatic nitrogens is 3. The smallest absolute Gasteiger partial charge is 0.355 e. The normalized spacial score (nSPS) is 10.8. The van der Waals surface area contributed by atoms with Crippen LogP contribution in [0.2, 0.25) is 5.02 Å². The lowest BCUT2D eigenvalue weighted by Gasteiger charge is -2.16. The molecule has 0 saturated carbocycles. The maximum atomic E-state index is 12.4. The fourth-order valence-corrected chi connectivity index (χ4v) is 2.40. The molecule has 0 amide bonds. The van der Waals surface area contributed by atoms with Crippen molar-refractivity contribution in [2.24, 2.45) is 0 Å². The summed E-state index contributed by atoms with van der Waals surface area (Å²) in [6.45, 7) is 0. The van der Waals surface area contributed by atoms with Gasteiger partial charge < -0.3 is 4.90 Å². The van der Waals surface area contributed by atoms with Crippen molar-refractivity contribution in [1.29, 1.82) is 0 Å². The Morgan fingerprint density at radius 3 is 2.67 bits per heavy atom. The topological polar surface area (TPSA) is 51.0 Å². The van der Waals surface area contributed by atoms with Gasteiger partial charge in [0.1, 0.15) is 11.6 Å². The van der Waals surface area contributed by atoms with Crippen LogP contribution in [-0.2, 0) is 0 Å². The van der Waals surface area contributed by atoms with Gasteiger partial charge in [-0.15, -0.1) is 0 Å². The first-order chi connectivity index (χ1) is 10.1. The molecule has 0 aliphatic heterocycles. The molecular formula is C15H13ClN4O. The third kappa shape index (κ3) is 2.36. The molecule has 21 heavy (non-hydrogen) atoms. The average Bonchev–Trinajstić information content (AvgIpc) is 2.47. The van der Waals surface area contributed by atoms with Gasteiger partial charge in [-0.1, -0.05) is 17.7 Å². The van der Waals surface area contributed by atoms with E-state index < -0.39 is 0 Å². The molecule has 3 aromatic rings. The average molecular weight is 301 g/mol. The minimum atomic E-state index is -0.382. The van der Waals surface area contributed by atoms with Gasteiger partial charge >= 0.3 is 5.69 Å². The number of fused-ring (bicyclic) bond motifs is 1. The lowest BCUT2D eigenvalue weighted by Crippen LogP contribution is -2.26. The van der Waals surface area contributed by atoms with Crippen LogP contribution in [0.1, 0.15) is 0 Å². The number of rotatable bonds is 2. The molecule has 1 aromatic carbocycles. The zero-order valence-electron chi connectivity index (χ0n) is 11.6. The summed E-state index contributed by atoms with van der Waals surface area (Å²) in [5.41, 5.74) is 0.303. The van der Waals surface area contributed by atoms with Gasteiger partial charge in [0.15, 0.2) is 0 Å². The van der Waals surface area contributed by atoms with Crippen molar-refractivity contribution in [3.63, 3.8) is 0 Å². The molecule has 0 atom stereocenters. The third-order valence-corrected chi connectivity index (χ3v) is 3.37. The largest absolute Gasteiger partial charge is 0.362 e. The van der Waals surface area contributed by atoms with Crippen molar-refractivity contribution < 1.29 is 0 Å². The molecule has 0 fully saturated rings. The summed E-state index contributed by atoms with van der Waals surface area (Å²) in [6, 6.07) is 10.8. The van der Waals surface area contributed by atoms with Crippen LogP contribution in [-0.4, -0.2) is 28.6 Å². The van der Waals surface area contributed by atoms with E-state index >= 15 is 0 Å². The molecule has 0 aliphatic rings. The second-order valence-electron chi connectivity index (χ2n) is 4.80. The van der Waals surface area contributed by atoms with Gasteiger partial charge in [-0.3, -0.25) is 0 Å². The van der Waals surface area contributed by atoms with Gasteiger partial charge in [0.05, 0.1) is 5.52 Å². The summed E-state index contributed by atoms with van der Waals surface area (Å²) in [5, 5.41) is 1.40. The molecular weight excluding hydrogens is 288 g/mol. The standard InChI is InChI=1S/C15H13ClN4O/c1-19(2)14-11-7-6-10(16)9-12(11)20(15(21)18-14)13-5-3-4-8-17-13/h3-9H,1-2H3. The Bertz CT molecular complexity index is 859. The molecule has 5 nitrogen and oxygen atoms in total. The van der Waals surface area contributed by atoms with Crippen LogP contribution >= 0.6 is 11.6 Å². The molecule has 3 rings (SSSR count). The van der Waals surface area contributed by atoms with Gasteiger partial charge in [-0.05, 0) is 30.3 Å². The summed E-state index contributed by atoms with van der Waals surface area (Å²) in [4.78, 5) is 22.6. The van der Waals surface area contributed by atoms with Crippen LogP contribution in [0.15, 0.2) is 47.4 Å². The van der Waals surface area contributed by atoms with Crippen LogP contribution in [0, 0.1) is 0 Å². The highest BCUT2D eigenvalue weighted by Crippen LogP contribution is 2.25. The van der Waals surface area contributed by atoms with Gasteiger partial charge in [0, 0.05) is 30.7 Å². The lowest BCUT2D eigenvalue weighted by molar-refractivity contribution is 0.908. The molecule has 0 radical (unpaired) electrons. The summed E-state index contributed by atoms with van der Waals surface area (Å²) in [6.07, 6.45) is 1.64. The molecule has 0 aliphatic carbocycles. The Balaban J connectivity index is 2.46. The predicted octanol–water partition coefficient (Wildman–Crippen LogP) is 2.50. The molecule has 0 bridgehead atoms. The summed E-state index contributed by atoms with van der Waals surface area (Å²) < 4.78 is 1.47. The molecule has 106 valence electrons. The number of benzene rings is 1. The van der Waals surface area contributed by atoms with Crippen LogP contribution < -0.4 is 10.6 Å².